The molecular formula is C15H25N3O. The van der Waals surface area contributed by atoms with Crippen molar-refractivity contribution in [1.29, 1.82) is 0 Å². The third-order valence-corrected chi connectivity index (χ3v) is 3.60. The SMILES string of the molecule is CN(CCNCC1CCCO1)CCc1ccncc1. The minimum absolute atomic E-state index is 0.446. The molecule has 1 N–H and O–H groups in total. The van der Waals surface area contributed by atoms with Crippen LogP contribution >= 0.6 is 0 Å². The van der Waals surface area contributed by atoms with Crippen LogP contribution in [0.4, 0.5) is 0 Å². The lowest BCUT2D eigenvalue weighted by Gasteiger charge is -2.17. The van der Waals surface area contributed by atoms with E-state index in [4.69, 9.17) is 4.74 Å². The van der Waals surface area contributed by atoms with Gasteiger partial charge in [0.05, 0.1) is 6.10 Å². The Morgan fingerprint density at radius 1 is 1.37 bits per heavy atom. The van der Waals surface area contributed by atoms with Gasteiger partial charge in [0.1, 0.15) is 0 Å². The van der Waals surface area contributed by atoms with Gasteiger partial charge in [0.25, 0.3) is 0 Å². The second kappa shape index (κ2) is 8.25. The predicted octanol–water partition coefficient (Wildman–Crippen LogP) is 1.32. The summed E-state index contributed by atoms with van der Waals surface area (Å²) in [6, 6.07) is 4.17. The van der Waals surface area contributed by atoms with Gasteiger partial charge in [-0.05, 0) is 44.0 Å². The molecule has 2 rings (SSSR count). The van der Waals surface area contributed by atoms with Gasteiger partial charge in [-0.1, -0.05) is 0 Å². The maximum absolute atomic E-state index is 5.58. The zero-order valence-electron chi connectivity index (χ0n) is 11.8. The van der Waals surface area contributed by atoms with Crippen LogP contribution in [0.2, 0.25) is 0 Å². The van der Waals surface area contributed by atoms with Gasteiger partial charge in [-0.2, -0.15) is 0 Å². The van der Waals surface area contributed by atoms with Crippen LogP contribution in [0.3, 0.4) is 0 Å². The Morgan fingerprint density at radius 3 is 2.95 bits per heavy atom. The van der Waals surface area contributed by atoms with Crippen molar-refractivity contribution >= 4 is 0 Å². The van der Waals surface area contributed by atoms with E-state index in [1.807, 2.05) is 12.4 Å². The number of rotatable bonds is 8. The van der Waals surface area contributed by atoms with E-state index in [-0.39, 0.29) is 0 Å². The van der Waals surface area contributed by atoms with Crippen LogP contribution in [0, 0.1) is 0 Å². The van der Waals surface area contributed by atoms with E-state index in [9.17, 15) is 0 Å². The van der Waals surface area contributed by atoms with Crippen LogP contribution in [0.25, 0.3) is 0 Å². The molecule has 1 aliphatic heterocycles. The van der Waals surface area contributed by atoms with Gasteiger partial charge in [0, 0.05) is 45.2 Å². The maximum atomic E-state index is 5.58. The summed E-state index contributed by atoms with van der Waals surface area (Å²) in [6.45, 7) is 5.15. The fraction of sp³-hybridized carbons (Fsp3) is 0.667. The van der Waals surface area contributed by atoms with Gasteiger partial charge in [0.2, 0.25) is 0 Å². The fourth-order valence-electron chi connectivity index (χ4n) is 2.32. The van der Waals surface area contributed by atoms with Crippen molar-refractivity contribution < 1.29 is 4.74 Å². The van der Waals surface area contributed by atoms with Gasteiger partial charge in [-0.25, -0.2) is 0 Å². The molecule has 4 nitrogen and oxygen atoms in total. The molecule has 106 valence electrons. The average Bonchev–Trinajstić information content (AvgIpc) is 2.96. The normalized spacial score (nSPS) is 19.2. The van der Waals surface area contributed by atoms with Gasteiger partial charge in [-0.3, -0.25) is 4.98 Å². The standard InChI is InChI=1S/C15H25N3O/c1-18(10-6-14-4-7-16-8-5-14)11-9-17-13-15-3-2-12-19-15/h4-5,7-8,15,17H,2-3,6,9-13H2,1H3. The van der Waals surface area contributed by atoms with E-state index in [0.29, 0.717) is 6.10 Å². The van der Waals surface area contributed by atoms with Crippen molar-refractivity contribution in [3.8, 4) is 0 Å². The quantitative estimate of drug-likeness (QED) is 0.718. The van der Waals surface area contributed by atoms with Gasteiger partial charge >= 0.3 is 0 Å². The molecule has 0 aromatic carbocycles. The molecule has 0 saturated carbocycles. The molecule has 4 heteroatoms. The summed E-state index contributed by atoms with van der Waals surface area (Å²) < 4.78 is 5.58. The van der Waals surface area contributed by atoms with E-state index in [1.54, 1.807) is 0 Å². The largest absolute Gasteiger partial charge is 0.377 e. The van der Waals surface area contributed by atoms with E-state index in [2.05, 4.69) is 34.4 Å². The lowest BCUT2D eigenvalue weighted by Crippen LogP contribution is -2.34. The molecule has 0 amide bonds. The molecular weight excluding hydrogens is 238 g/mol. The highest BCUT2D eigenvalue weighted by atomic mass is 16.5. The number of likely N-dealkylation sites (N-methyl/N-ethyl adjacent to an activating group) is 1. The lowest BCUT2D eigenvalue weighted by atomic mass is 10.2. The zero-order valence-corrected chi connectivity index (χ0v) is 11.8. The number of ether oxygens (including phenoxy) is 1. The first-order chi connectivity index (χ1) is 9.34. The Morgan fingerprint density at radius 2 is 2.21 bits per heavy atom. The zero-order chi connectivity index (χ0) is 13.3. The van der Waals surface area contributed by atoms with Crippen LogP contribution in [0.5, 0.6) is 0 Å². The number of aromatic nitrogens is 1. The Kier molecular flexibility index (Phi) is 6.27. The summed E-state index contributed by atoms with van der Waals surface area (Å²) in [6.07, 6.45) is 7.69. The summed E-state index contributed by atoms with van der Waals surface area (Å²) in [7, 11) is 2.18. The number of hydrogen-bond donors (Lipinski definition) is 1. The van der Waals surface area contributed by atoms with Crippen molar-refractivity contribution in [3.05, 3.63) is 30.1 Å². The fourth-order valence-corrected chi connectivity index (χ4v) is 2.32. The third-order valence-electron chi connectivity index (χ3n) is 3.60. The Hall–Kier alpha value is -0.970. The highest BCUT2D eigenvalue weighted by molar-refractivity contribution is 5.09. The summed E-state index contributed by atoms with van der Waals surface area (Å²) >= 11 is 0. The molecule has 1 fully saturated rings. The molecule has 0 radical (unpaired) electrons. The van der Waals surface area contributed by atoms with E-state index in [1.165, 1.54) is 18.4 Å². The Bertz CT molecular complexity index is 339. The van der Waals surface area contributed by atoms with Crippen molar-refractivity contribution in [2.24, 2.45) is 0 Å². The first-order valence-corrected chi connectivity index (χ1v) is 7.24. The second-order valence-corrected chi connectivity index (χ2v) is 5.25. The molecule has 1 aromatic heterocycles. The molecule has 0 spiro atoms. The van der Waals surface area contributed by atoms with Crippen LogP contribution in [-0.2, 0) is 11.2 Å². The molecule has 1 aromatic rings. The van der Waals surface area contributed by atoms with Crippen molar-refractivity contribution in [2.45, 2.75) is 25.4 Å². The molecule has 1 unspecified atom stereocenters. The topological polar surface area (TPSA) is 37.4 Å². The van der Waals surface area contributed by atoms with E-state index >= 15 is 0 Å². The molecule has 1 aliphatic rings. The van der Waals surface area contributed by atoms with Gasteiger partial charge < -0.3 is 15.0 Å². The number of pyridine rings is 1. The predicted molar refractivity (Wildman–Crippen MR) is 77.3 cm³/mol. The van der Waals surface area contributed by atoms with E-state index in [0.717, 1.165) is 39.2 Å². The van der Waals surface area contributed by atoms with Crippen molar-refractivity contribution in [2.75, 3.05) is 39.8 Å². The number of nitrogens with one attached hydrogen (secondary N) is 1. The minimum atomic E-state index is 0.446. The highest BCUT2D eigenvalue weighted by Crippen LogP contribution is 2.10. The van der Waals surface area contributed by atoms with Crippen LogP contribution in [0.1, 0.15) is 18.4 Å². The highest BCUT2D eigenvalue weighted by Gasteiger charge is 2.14. The second-order valence-electron chi connectivity index (χ2n) is 5.25. The smallest absolute Gasteiger partial charge is 0.0700 e. The molecule has 0 bridgehead atoms. The molecule has 1 saturated heterocycles. The first kappa shape index (κ1) is 14.4. The minimum Gasteiger partial charge on any atom is -0.377 e. The summed E-state index contributed by atoms with van der Waals surface area (Å²) in [5.41, 5.74) is 1.36. The summed E-state index contributed by atoms with van der Waals surface area (Å²) in [5.74, 6) is 0. The van der Waals surface area contributed by atoms with Crippen LogP contribution in [-0.4, -0.2) is 55.8 Å². The molecule has 1 atom stereocenters. The van der Waals surface area contributed by atoms with Crippen molar-refractivity contribution in [1.82, 2.24) is 15.2 Å². The number of hydrogen-bond acceptors (Lipinski definition) is 4. The Balaban J connectivity index is 1.51. The summed E-state index contributed by atoms with van der Waals surface area (Å²) in [5, 5.41) is 3.48. The van der Waals surface area contributed by atoms with Crippen LogP contribution in [0.15, 0.2) is 24.5 Å². The lowest BCUT2D eigenvalue weighted by molar-refractivity contribution is 0.109. The molecule has 19 heavy (non-hydrogen) atoms. The number of nitrogens with zero attached hydrogens (tertiary/aromatic N) is 2. The average molecular weight is 263 g/mol. The van der Waals surface area contributed by atoms with Gasteiger partial charge in [0.15, 0.2) is 0 Å². The third kappa shape index (κ3) is 5.68. The van der Waals surface area contributed by atoms with Crippen molar-refractivity contribution in [3.63, 3.8) is 0 Å². The first-order valence-electron chi connectivity index (χ1n) is 7.24. The summed E-state index contributed by atoms with van der Waals surface area (Å²) in [4.78, 5) is 6.40. The van der Waals surface area contributed by atoms with Gasteiger partial charge in [-0.15, -0.1) is 0 Å². The van der Waals surface area contributed by atoms with Crippen LogP contribution < -0.4 is 5.32 Å². The Labute approximate surface area is 116 Å². The molecule has 2 heterocycles. The molecule has 0 aliphatic carbocycles. The maximum Gasteiger partial charge on any atom is 0.0700 e. The van der Waals surface area contributed by atoms with E-state index < -0.39 is 0 Å². The monoisotopic (exact) mass is 263 g/mol.